The summed E-state index contributed by atoms with van der Waals surface area (Å²) in [5, 5.41) is 13.4. The summed E-state index contributed by atoms with van der Waals surface area (Å²) in [4.78, 5) is 11.7. The van der Waals surface area contributed by atoms with Gasteiger partial charge in [-0.3, -0.25) is 4.79 Å². The van der Waals surface area contributed by atoms with Crippen LogP contribution in [0.3, 0.4) is 0 Å². The Morgan fingerprint density at radius 1 is 1.00 bits per heavy atom. The number of phenols is 1. The number of carbonyl (C=O) groups is 1. The van der Waals surface area contributed by atoms with Crippen molar-refractivity contribution in [1.29, 1.82) is 0 Å². The number of carbonyl (C=O) groups excluding carboxylic acids is 1. The maximum absolute atomic E-state index is 12.3. The maximum atomic E-state index is 12.3. The molecule has 25 heavy (non-hydrogen) atoms. The first-order valence-corrected chi connectivity index (χ1v) is 8.35. The maximum Gasteiger partial charge on any atom is 1.00 e. The first-order chi connectivity index (χ1) is 11.4. The third kappa shape index (κ3) is 4.20. The van der Waals surface area contributed by atoms with E-state index in [2.05, 4.69) is 5.32 Å². The Balaban J connectivity index is 0.00000225. The molecule has 0 radical (unpaired) electrons. The van der Waals surface area contributed by atoms with E-state index in [1.807, 2.05) is 0 Å². The Bertz CT molecular complexity index is 1040. The van der Waals surface area contributed by atoms with Crippen LogP contribution in [0.25, 0.3) is 10.8 Å². The van der Waals surface area contributed by atoms with E-state index in [0.29, 0.717) is 16.6 Å². The van der Waals surface area contributed by atoms with E-state index in [-0.39, 0.29) is 40.9 Å². The van der Waals surface area contributed by atoms with E-state index in [1.165, 1.54) is 0 Å². The average molecular weight is 365 g/mol. The predicted octanol–water partition coefficient (Wildman–Crippen LogP) is -0.294. The summed E-state index contributed by atoms with van der Waals surface area (Å²) in [6.45, 7) is 0. The largest absolute Gasteiger partial charge is 1.00 e. The van der Waals surface area contributed by atoms with Crippen LogP contribution in [0.1, 0.15) is 10.4 Å². The molecule has 122 valence electrons. The molecule has 0 aliphatic carbocycles. The molecule has 0 spiro atoms. The van der Waals surface area contributed by atoms with Crippen LogP contribution in [0.4, 0.5) is 5.69 Å². The molecule has 0 aliphatic rings. The molecule has 0 unspecified atom stereocenters. The molecule has 1 amide bonds. The van der Waals surface area contributed by atoms with Gasteiger partial charge in [0, 0.05) is 10.9 Å². The molecule has 0 saturated heterocycles. The van der Waals surface area contributed by atoms with Crippen molar-refractivity contribution in [2.45, 2.75) is 4.90 Å². The molecule has 0 atom stereocenters. The van der Waals surface area contributed by atoms with Gasteiger partial charge in [0.25, 0.3) is 5.91 Å². The molecule has 0 aliphatic heterocycles. The smallest absolute Gasteiger partial charge is 0.744 e. The minimum Gasteiger partial charge on any atom is -0.744 e. The van der Waals surface area contributed by atoms with Crippen molar-refractivity contribution in [2.24, 2.45) is 0 Å². The van der Waals surface area contributed by atoms with Crippen LogP contribution in [-0.4, -0.2) is 24.0 Å². The van der Waals surface area contributed by atoms with Crippen LogP contribution in [0.15, 0.2) is 65.6 Å². The second-order valence-corrected chi connectivity index (χ2v) is 6.50. The van der Waals surface area contributed by atoms with Gasteiger partial charge in [0.15, 0.2) is 0 Å². The normalized spacial score (nSPS) is 10.9. The van der Waals surface area contributed by atoms with Gasteiger partial charge in [0.2, 0.25) is 0 Å². The fourth-order valence-electron chi connectivity index (χ4n) is 2.41. The number of anilines is 1. The number of nitrogens with one attached hydrogen (secondary N) is 1. The van der Waals surface area contributed by atoms with Gasteiger partial charge in [-0.25, -0.2) is 8.42 Å². The Morgan fingerprint density at radius 3 is 2.32 bits per heavy atom. The Morgan fingerprint density at radius 2 is 1.68 bits per heavy atom. The zero-order valence-electron chi connectivity index (χ0n) is 13.3. The van der Waals surface area contributed by atoms with Gasteiger partial charge in [0.05, 0.1) is 10.6 Å². The second-order valence-electron chi connectivity index (χ2n) is 5.12. The van der Waals surface area contributed by atoms with E-state index in [1.54, 1.807) is 48.5 Å². The summed E-state index contributed by atoms with van der Waals surface area (Å²) in [6.07, 6.45) is 0. The summed E-state index contributed by atoms with van der Waals surface area (Å²) < 4.78 is 33.4. The minimum atomic E-state index is -4.69. The van der Waals surface area contributed by atoms with Crippen molar-refractivity contribution in [2.75, 3.05) is 5.32 Å². The first-order valence-electron chi connectivity index (χ1n) is 6.94. The Kier molecular flexibility index (Phi) is 5.87. The second kappa shape index (κ2) is 7.55. The molecule has 0 bridgehead atoms. The van der Waals surface area contributed by atoms with E-state index < -0.39 is 20.8 Å². The monoisotopic (exact) mass is 365 g/mol. The molecule has 3 aromatic rings. The summed E-state index contributed by atoms with van der Waals surface area (Å²) in [5.74, 6) is -0.770. The van der Waals surface area contributed by atoms with Crippen molar-refractivity contribution in [3.8, 4) is 5.75 Å². The Hall–Kier alpha value is -1.90. The van der Waals surface area contributed by atoms with E-state index in [4.69, 9.17) is 0 Å². The number of hydrogen-bond acceptors (Lipinski definition) is 5. The minimum absolute atomic E-state index is 0. The molecule has 0 aromatic heterocycles. The zero-order chi connectivity index (χ0) is 17.3. The number of fused-ring (bicyclic) bond motifs is 1. The molecular formula is C17H12NNaO5S. The quantitative estimate of drug-likeness (QED) is 0.490. The van der Waals surface area contributed by atoms with Gasteiger partial charge in [-0.15, -0.1) is 0 Å². The fourth-order valence-corrected chi connectivity index (χ4v) is 2.94. The van der Waals surface area contributed by atoms with Crippen LogP contribution in [0, 0.1) is 0 Å². The number of benzene rings is 3. The molecule has 6 nitrogen and oxygen atoms in total. The molecule has 0 saturated carbocycles. The van der Waals surface area contributed by atoms with Crippen molar-refractivity contribution in [3.63, 3.8) is 0 Å². The summed E-state index contributed by atoms with van der Waals surface area (Å²) >= 11 is 0. The predicted molar refractivity (Wildman–Crippen MR) is 88.0 cm³/mol. The fraction of sp³-hybridized carbons (Fsp3) is 0. The van der Waals surface area contributed by atoms with Crippen LogP contribution in [0.5, 0.6) is 5.75 Å². The summed E-state index contributed by atoms with van der Waals surface area (Å²) in [7, 11) is -4.69. The summed E-state index contributed by atoms with van der Waals surface area (Å²) in [5.41, 5.74) is 0.751. The van der Waals surface area contributed by atoms with E-state index in [9.17, 15) is 22.9 Å². The van der Waals surface area contributed by atoms with Crippen molar-refractivity contribution in [3.05, 3.63) is 66.2 Å². The van der Waals surface area contributed by atoms with Crippen LogP contribution < -0.4 is 34.9 Å². The summed E-state index contributed by atoms with van der Waals surface area (Å²) in [6, 6.07) is 15.3. The van der Waals surface area contributed by atoms with Crippen molar-refractivity contribution < 1.29 is 52.4 Å². The van der Waals surface area contributed by atoms with E-state index >= 15 is 0 Å². The van der Waals surface area contributed by atoms with Crippen LogP contribution in [0.2, 0.25) is 0 Å². The van der Waals surface area contributed by atoms with Gasteiger partial charge in [-0.2, -0.15) is 0 Å². The van der Waals surface area contributed by atoms with Gasteiger partial charge in [0.1, 0.15) is 15.9 Å². The molecular weight excluding hydrogens is 353 g/mol. The molecule has 8 heteroatoms. The third-order valence-corrected chi connectivity index (χ3v) is 4.32. The van der Waals surface area contributed by atoms with Crippen molar-refractivity contribution in [1.82, 2.24) is 0 Å². The van der Waals surface area contributed by atoms with Gasteiger partial charge < -0.3 is 15.0 Å². The number of phenolic OH excluding ortho intramolecular Hbond substituents is 1. The topological polar surface area (TPSA) is 107 Å². The standard InChI is InChI=1S/C17H13NO5S.Na/c19-15-10-13(24(21,22)23)9-12-7-4-8-14(16(12)15)18-17(20)11-5-2-1-3-6-11;/h1-10,19H,(H,18,20)(H,21,22,23);/q;+1/p-1. The number of hydrogen-bond donors (Lipinski definition) is 2. The van der Waals surface area contributed by atoms with Crippen LogP contribution in [-0.2, 0) is 10.1 Å². The molecule has 3 rings (SSSR count). The molecule has 0 heterocycles. The number of rotatable bonds is 3. The van der Waals surface area contributed by atoms with Gasteiger partial charge >= 0.3 is 29.6 Å². The third-order valence-electron chi connectivity index (χ3n) is 3.50. The molecule has 0 fully saturated rings. The SMILES string of the molecule is O=C(Nc1cccc2cc(S(=O)(=O)[O-])cc(O)c12)c1ccccc1.[Na+]. The van der Waals surface area contributed by atoms with Crippen LogP contribution >= 0.6 is 0 Å². The molecule has 3 aromatic carbocycles. The Labute approximate surface area is 166 Å². The van der Waals surface area contributed by atoms with Gasteiger partial charge in [-0.05, 0) is 35.7 Å². The average Bonchev–Trinajstić information content (AvgIpc) is 2.54. The number of amides is 1. The van der Waals surface area contributed by atoms with Crippen molar-refractivity contribution >= 4 is 32.5 Å². The molecule has 2 N–H and O–H groups in total. The van der Waals surface area contributed by atoms with E-state index in [0.717, 1.165) is 12.1 Å². The zero-order valence-corrected chi connectivity index (χ0v) is 16.1. The first kappa shape index (κ1) is 19.4. The number of aromatic hydroxyl groups is 1. The van der Waals surface area contributed by atoms with Gasteiger partial charge in [-0.1, -0.05) is 30.3 Å².